The number of nitrogen functional groups attached to an aromatic ring is 1. The number of nitrogens with two attached hydrogens (primary N) is 1. The number of hydrogen-bond donors (Lipinski definition) is 1. The molecular formula is C16H20N4. The van der Waals surface area contributed by atoms with Crippen LogP contribution in [0.15, 0.2) is 36.4 Å². The van der Waals surface area contributed by atoms with E-state index in [4.69, 9.17) is 10.7 Å². The van der Waals surface area contributed by atoms with Crippen LogP contribution in [-0.4, -0.2) is 23.1 Å². The van der Waals surface area contributed by atoms with Crippen molar-refractivity contribution in [2.24, 2.45) is 5.92 Å². The third kappa shape index (κ3) is 2.74. The molecule has 20 heavy (non-hydrogen) atoms. The Morgan fingerprint density at radius 1 is 1.20 bits per heavy atom. The fourth-order valence-corrected chi connectivity index (χ4v) is 2.73. The molecular weight excluding hydrogens is 248 g/mol. The summed E-state index contributed by atoms with van der Waals surface area (Å²) in [6.45, 7) is 4.38. The molecule has 104 valence electrons. The Kier molecular flexibility index (Phi) is 3.54. The van der Waals surface area contributed by atoms with Gasteiger partial charge < -0.3 is 10.6 Å². The third-order valence-electron chi connectivity index (χ3n) is 3.75. The zero-order valence-corrected chi connectivity index (χ0v) is 11.8. The molecule has 1 fully saturated rings. The van der Waals surface area contributed by atoms with Gasteiger partial charge in [0, 0.05) is 24.7 Å². The maximum Gasteiger partial charge on any atom is 0.163 e. The van der Waals surface area contributed by atoms with Crippen LogP contribution in [0.3, 0.4) is 0 Å². The van der Waals surface area contributed by atoms with Gasteiger partial charge in [-0.05, 0) is 18.8 Å². The van der Waals surface area contributed by atoms with Crippen LogP contribution in [0.4, 0.5) is 11.6 Å². The first-order valence-electron chi connectivity index (χ1n) is 7.17. The van der Waals surface area contributed by atoms with Gasteiger partial charge in [-0.3, -0.25) is 0 Å². The number of anilines is 2. The van der Waals surface area contributed by atoms with Gasteiger partial charge in [-0.1, -0.05) is 37.3 Å². The number of benzene rings is 1. The molecule has 2 aromatic rings. The Morgan fingerprint density at radius 3 is 2.75 bits per heavy atom. The Balaban J connectivity index is 1.94. The predicted octanol–water partition coefficient (Wildman–Crippen LogP) is 2.96. The van der Waals surface area contributed by atoms with Crippen molar-refractivity contribution in [3.8, 4) is 11.4 Å². The molecule has 4 nitrogen and oxygen atoms in total. The highest BCUT2D eigenvalue weighted by Crippen LogP contribution is 2.25. The second-order valence-electron chi connectivity index (χ2n) is 5.53. The van der Waals surface area contributed by atoms with Gasteiger partial charge in [0.25, 0.3) is 0 Å². The minimum Gasteiger partial charge on any atom is -0.384 e. The summed E-state index contributed by atoms with van der Waals surface area (Å²) in [7, 11) is 0. The van der Waals surface area contributed by atoms with Crippen molar-refractivity contribution in [3.05, 3.63) is 36.4 Å². The third-order valence-corrected chi connectivity index (χ3v) is 3.75. The fourth-order valence-electron chi connectivity index (χ4n) is 2.73. The van der Waals surface area contributed by atoms with Crippen molar-refractivity contribution in [2.75, 3.05) is 23.7 Å². The molecule has 4 heteroatoms. The molecule has 0 saturated carbocycles. The van der Waals surface area contributed by atoms with E-state index in [2.05, 4.69) is 16.8 Å². The standard InChI is InChI=1S/C16H20N4/c1-12-6-5-9-20(11-12)15-10-14(17)18-16(19-15)13-7-3-2-4-8-13/h2-4,7-8,10,12H,5-6,9,11H2,1H3,(H2,17,18,19). The molecule has 2 heterocycles. The van der Waals surface area contributed by atoms with E-state index < -0.39 is 0 Å². The smallest absolute Gasteiger partial charge is 0.163 e. The van der Waals surface area contributed by atoms with E-state index in [0.717, 1.165) is 24.5 Å². The number of piperidine rings is 1. The average Bonchev–Trinajstić information content (AvgIpc) is 2.47. The summed E-state index contributed by atoms with van der Waals surface area (Å²) in [4.78, 5) is 11.4. The van der Waals surface area contributed by atoms with Crippen molar-refractivity contribution >= 4 is 11.6 Å². The Bertz CT molecular complexity index is 582. The minimum atomic E-state index is 0.534. The van der Waals surface area contributed by atoms with E-state index in [1.165, 1.54) is 12.8 Å². The molecule has 1 aromatic carbocycles. The molecule has 0 radical (unpaired) electrons. The summed E-state index contributed by atoms with van der Waals surface area (Å²) >= 11 is 0. The van der Waals surface area contributed by atoms with Crippen LogP contribution in [0.1, 0.15) is 19.8 Å². The summed E-state index contributed by atoms with van der Waals surface area (Å²) < 4.78 is 0. The molecule has 1 aliphatic heterocycles. The summed E-state index contributed by atoms with van der Waals surface area (Å²) in [6.07, 6.45) is 2.51. The van der Waals surface area contributed by atoms with Gasteiger partial charge in [0.15, 0.2) is 5.82 Å². The van der Waals surface area contributed by atoms with Crippen molar-refractivity contribution < 1.29 is 0 Å². The molecule has 1 unspecified atom stereocenters. The lowest BCUT2D eigenvalue weighted by Gasteiger charge is -2.32. The normalized spacial score (nSPS) is 19.1. The van der Waals surface area contributed by atoms with Crippen LogP contribution >= 0.6 is 0 Å². The molecule has 1 atom stereocenters. The average molecular weight is 268 g/mol. The Hall–Kier alpha value is -2.10. The number of rotatable bonds is 2. The molecule has 1 saturated heterocycles. The van der Waals surface area contributed by atoms with Crippen molar-refractivity contribution in [1.82, 2.24) is 9.97 Å². The summed E-state index contributed by atoms with van der Waals surface area (Å²) in [5.41, 5.74) is 6.97. The first kappa shape index (κ1) is 12.9. The lowest BCUT2D eigenvalue weighted by atomic mass is 10.0. The first-order chi connectivity index (χ1) is 9.72. The molecule has 1 aliphatic rings. The molecule has 0 aliphatic carbocycles. The second-order valence-corrected chi connectivity index (χ2v) is 5.53. The topological polar surface area (TPSA) is 55.0 Å². The van der Waals surface area contributed by atoms with Gasteiger partial charge in [0.2, 0.25) is 0 Å². The van der Waals surface area contributed by atoms with E-state index in [1.807, 2.05) is 36.4 Å². The quantitative estimate of drug-likeness (QED) is 0.909. The Morgan fingerprint density at radius 2 is 2.00 bits per heavy atom. The monoisotopic (exact) mass is 268 g/mol. The highest BCUT2D eigenvalue weighted by Gasteiger charge is 2.18. The van der Waals surface area contributed by atoms with Crippen LogP contribution in [-0.2, 0) is 0 Å². The summed E-state index contributed by atoms with van der Waals surface area (Å²) in [6, 6.07) is 11.9. The molecule has 1 aromatic heterocycles. The van der Waals surface area contributed by atoms with E-state index in [1.54, 1.807) is 0 Å². The maximum absolute atomic E-state index is 5.96. The fraction of sp³-hybridized carbons (Fsp3) is 0.375. The van der Waals surface area contributed by atoms with Gasteiger partial charge in [-0.2, -0.15) is 0 Å². The largest absolute Gasteiger partial charge is 0.384 e. The number of nitrogens with zero attached hydrogens (tertiary/aromatic N) is 3. The SMILES string of the molecule is CC1CCCN(c2cc(N)nc(-c3ccccc3)n2)C1. The lowest BCUT2D eigenvalue weighted by Crippen LogP contribution is -2.35. The zero-order valence-electron chi connectivity index (χ0n) is 11.8. The molecule has 0 spiro atoms. The van der Waals surface area contributed by atoms with E-state index in [-0.39, 0.29) is 0 Å². The van der Waals surface area contributed by atoms with Gasteiger partial charge in [0.05, 0.1) is 0 Å². The van der Waals surface area contributed by atoms with Crippen molar-refractivity contribution in [2.45, 2.75) is 19.8 Å². The molecule has 0 amide bonds. The van der Waals surface area contributed by atoms with E-state index in [0.29, 0.717) is 17.6 Å². The minimum absolute atomic E-state index is 0.534. The van der Waals surface area contributed by atoms with Crippen molar-refractivity contribution in [3.63, 3.8) is 0 Å². The first-order valence-corrected chi connectivity index (χ1v) is 7.17. The van der Waals surface area contributed by atoms with Crippen LogP contribution in [0.5, 0.6) is 0 Å². The molecule has 3 rings (SSSR count). The van der Waals surface area contributed by atoms with Crippen LogP contribution in [0, 0.1) is 5.92 Å². The van der Waals surface area contributed by atoms with Crippen LogP contribution in [0.25, 0.3) is 11.4 Å². The van der Waals surface area contributed by atoms with Gasteiger partial charge in [-0.25, -0.2) is 9.97 Å². The van der Waals surface area contributed by atoms with Gasteiger partial charge in [-0.15, -0.1) is 0 Å². The zero-order chi connectivity index (χ0) is 13.9. The van der Waals surface area contributed by atoms with Crippen LogP contribution < -0.4 is 10.6 Å². The lowest BCUT2D eigenvalue weighted by molar-refractivity contribution is 0.444. The molecule has 2 N–H and O–H groups in total. The highest BCUT2D eigenvalue weighted by molar-refractivity contribution is 5.60. The summed E-state index contributed by atoms with van der Waals surface area (Å²) in [5, 5.41) is 0. The molecule has 0 bridgehead atoms. The number of hydrogen-bond acceptors (Lipinski definition) is 4. The maximum atomic E-state index is 5.96. The van der Waals surface area contributed by atoms with Crippen LogP contribution in [0.2, 0.25) is 0 Å². The van der Waals surface area contributed by atoms with Gasteiger partial charge >= 0.3 is 0 Å². The van der Waals surface area contributed by atoms with E-state index in [9.17, 15) is 0 Å². The second kappa shape index (κ2) is 5.49. The predicted molar refractivity (Wildman–Crippen MR) is 82.5 cm³/mol. The highest BCUT2D eigenvalue weighted by atomic mass is 15.2. The van der Waals surface area contributed by atoms with Gasteiger partial charge in [0.1, 0.15) is 11.6 Å². The van der Waals surface area contributed by atoms with Crippen molar-refractivity contribution in [1.29, 1.82) is 0 Å². The summed E-state index contributed by atoms with van der Waals surface area (Å²) in [5.74, 6) is 2.90. The Labute approximate surface area is 119 Å². The van der Waals surface area contributed by atoms with E-state index >= 15 is 0 Å². The number of aromatic nitrogens is 2.